The van der Waals surface area contributed by atoms with Crippen LogP contribution in [0, 0.1) is 0 Å². The van der Waals surface area contributed by atoms with E-state index in [1.54, 1.807) is 45.2 Å². The molecule has 0 spiro atoms. The van der Waals surface area contributed by atoms with Crippen molar-refractivity contribution in [1.29, 1.82) is 0 Å². The summed E-state index contributed by atoms with van der Waals surface area (Å²) in [7, 11) is 1.51. The number of hydrogen-bond donors (Lipinski definition) is 2. The molecule has 1 atom stereocenters. The van der Waals surface area contributed by atoms with Gasteiger partial charge in [0.05, 0.1) is 5.69 Å². The molecule has 20 heavy (non-hydrogen) atoms. The quantitative estimate of drug-likeness (QED) is 0.380. The number of carbonyl (C=O) groups excluding carboxylic acids is 1. The lowest BCUT2D eigenvalue weighted by atomic mass is 10.1. The van der Waals surface area contributed by atoms with Crippen LogP contribution in [0.5, 0.6) is 0 Å². The zero-order chi connectivity index (χ0) is 15.3. The lowest BCUT2D eigenvalue weighted by Gasteiger charge is -2.29. The highest BCUT2D eigenvalue weighted by molar-refractivity contribution is 5.89. The Hall–Kier alpha value is -2.31. The van der Waals surface area contributed by atoms with Gasteiger partial charge in [-0.15, -0.1) is 0 Å². The van der Waals surface area contributed by atoms with Crippen molar-refractivity contribution in [3.63, 3.8) is 0 Å². The van der Waals surface area contributed by atoms with Crippen LogP contribution in [0.25, 0.3) is 0 Å². The maximum Gasteiger partial charge on any atom is 0.410 e. The summed E-state index contributed by atoms with van der Waals surface area (Å²) in [6, 6.07) is 4.38. The van der Waals surface area contributed by atoms with Crippen molar-refractivity contribution >= 4 is 11.9 Å². The molecule has 1 aromatic rings. The lowest BCUT2D eigenvalue weighted by Crippen LogP contribution is -2.42. The van der Waals surface area contributed by atoms with E-state index in [2.05, 4.69) is 10.1 Å². The van der Waals surface area contributed by atoms with Gasteiger partial charge in [-0.1, -0.05) is 11.2 Å². The van der Waals surface area contributed by atoms with Crippen LogP contribution in [0.15, 0.2) is 29.6 Å². The first kappa shape index (κ1) is 15.7. The van der Waals surface area contributed by atoms with E-state index in [9.17, 15) is 4.79 Å². The second-order valence-electron chi connectivity index (χ2n) is 5.27. The summed E-state index contributed by atoms with van der Waals surface area (Å²) in [6.07, 6.45) is 0.982. The van der Waals surface area contributed by atoms with E-state index < -0.39 is 17.7 Å². The van der Waals surface area contributed by atoms with Gasteiger partial charge in [0.25, 0.3) is 0 Å². The number of oxime groups is 1. The summed E-state index contributed by atoms with van der Waals surface area (Å²) in [5, 5.41) is 11.9. The molecule has 110 valence electrons. The van der Waals surface area contributed by atoms with E-state index in [1.807, 2.05) is 0 Å². The van der Waals surface area contributed by atoms with Gasteiger partial charge in [0.15, 0.2) is 5.84 Å². The average molecular weight is 280 g/mol. The second kappa shape index (κ2) is 6.23. The monoisotopic (exact) mass is 280 g/mol. The van der Waals surface area contributed by atoms with Crippen LogP contribution in [0.3, 0.4) is 0 Å². The molecule has 0 aromatic carbocycles. The molecule has 0 saturated heterocycles. The topological polar surface area (TPSA) is 101 Å². The molecule has 1 rings (SSSR count). The molecule has 0 aliphatic carbocycles. The van der Waals surface area contributed by atoms with E-state index in [4.69, 9.17) is 15.7 Å². The van der Waals surface area contributed by atoms with Gasteiger partial charge in [-0.05, 0) is 32.9 Å². The normalized spacial score (nSPS) is 13.7. The first-order valence-electron chi connectivity index (χ1n) is 6.10. The fraction of sp³-hybridized carbons (Fsp3) is 0.462. The minimum absolute atomic E-state index is 0.142. The molecule has 7 heteroatoms. The Morgan fingerprint density at radius 3 is 2.60 bits per heavy atom. The maximum absolute atomic E-state index is 12.1. The number of carbonyl (C=O) groups is 1. The molecule has 0 aliphatic rings. The van der Waals surface area contributed by atoms with Crippen LogP contribution in [-0.2, 0) is 4.74 Å². The number of rotatable bonds is 3. The molecule has 7 nitrogen and oxygen atoms in total. The molecule has 1 amide bonds. The van der Waals surface area contributed by atoms with Crippen LogP contribution >= 0.6 is 0 Å². The molecule has 1 unspecified atom stereocenters. The number of ether oxygens (including phenoxy) is 1. The van der Waals surface area contributed by atoms with Gasteiger partial charge in [0.2, 0.25) is 0 Å². The molecule has 0 radical (unpaired) electrons. The van der Waals surface area contributed by atoms with E-state index in [-0.39, 0.29) is 5.84 Å². The largest absolute Gasteiger partial charge is 0.444 e. The number of nitrogens with two attached hydrogens (primary N) is 1. The Morgan fingerprint density at radius 1 is 1.50 bits per heavy atom. The van der Waals surface area contributed by atoms with Crippen molar-refractivity contribution in [1.82, 2.24) is 9.88 Å². The van der Waals surface area contributed by atoms with Crippen LogP contribution in [-0.4, -0.2) is 39.7 Å². The smallest absolute Gasteiger partial charge is 0.410 e. The summed E-state index contributed by atoms with van der Waals surface area (Å²) in [5.41, 5.74) is 5.51. The molecule has 0 fully saturated rings. The Bertz CT molecular complexity index is 482. The third kappa shape index (κ3) is 4.11. The van der Waals surface area contributed by atoms with Gasteiger partial charge in [-0.2, -0.15) is 0 Å². The molecule has 0 saturated carbocycles. The average Bonchev–Trinajstić information content (AvgIpc) is 2.37. The third-order valence-electron chi connectivity index (χ3n) is 2.43. The van der Waals surface area contributed by atoms with Crippen molar-refractivity contribution in [2.45, 2.75) is 32.4 Å². The standard InChI is InChI=1S/C13H20N4O3/c1-13(2,3)20-12(18)17(4)10(11(14)16-19)9-7-5-6-8-15-9/h5-8,10,19H,1-4H3,(H2,14,16). The summed E-state index contributed by atoms with van der Waals surface area (Å²) < 4.78 is 5.26. The molecule has 1 aromatic heterocycles. The number of pyridine rings is 1. The second-order valence-corrected chi connectivity index (χ2v) is 5.27. The summed E-state index contributed by atoms with van der Waals surface area (Å²) in [5.74, 6) is -0.142. The van der Waals surface area contributed by atoms with E-state index in [1.165, 1.54) is 11.9 Å². The predicted molar refractivity (Wildman–Crippen MR) is 74.4 cm³/mol. The van der Waals surface area contributed by atoms with Gasteiger partial charge in [-0.25, -0.2) is 4.79 Å². The van der Waals surface area contributed by atoms with Crippen LogP contribution < -0.4 is 5.73 Å². The van der Waals surface area contributed by atoms with Crippen molar-refractivity contribution in [3.8, 4) is 0 Å². The molecule has 0 aliphatic heterocycles. The van der Waals surface area contributed by atoms with Crippen molar-refractivity contribution in [2.24, 2.45) is 10.9 Å². The van der Waals surface area contributed by atoms with E-state index in [0.29, 0.717) is 5.69 Å². The predicted octanol–water partition coefficient (Wildman–Crippen LogP) is 1.74. The number of nitrogens with zero attached hydrogens (tertiary/aromatic N) is 3. The zero-order valence-electron chi connectivity index (χ0n) is 12.1. The highest BCUT2D eigenvalue weighted by Crippen LogP contribution is 2.20. The van der Waals surface area contributed by atoms with Crippen LogP contribution in [0.4, 0.5) is 4.79 Å². The number of likely N-dealkylation sites (N-methyl/N-ethyl adjacent to an activating group) is 1. The molecular formula is C13H20N4O3. The van der Waals surface area contributed by atoms with Gasteiger partial charge >= 0.3 is 6.09 Å². The maximum atomic E-state index is 12.1. The molecule has 3 N–H and O–H groups in total. The Morgan fingerprint density at radius 2 is 2.15 bits per heavy atom. The highest BCUT2D eigenvalue weighted by Gasteiger charge is 2.30. The number of amides is 1. The molecular weight excluding hydrogens is 260 g/mol. The van der Waals surface area contributed by atoms with Crippen LogP contribution in [0.1, 0.15) is 32.5 Å². The summed E-state index contributed by atoms with van der Waals surface area (Å²) in [4.78, 5) is 17.4. The number of amidine groups is 1. The van der Waals surface area contributed by atoms with Gasteiger partial charge in [0.1, 0.15) is 11.6 Å². The van der Waals surface area contributed by atoms with E-state index in [0.717, 1.165) is 0 Å². The lowest BCUT2D eigenvalue weighted by molar-refractivity contribution is 0.0261. The summed E-state index contributed by atoms with van der Waals surface area (Å²) >= 11 is 0. The van der Waals surface area contributed by atoms with Crippen molar-refractivity contribution in [3.05, 3.63) is 30.1 Å². The van der Waals surface area contributed by atoms with E-state index >= 15 is 0 Å². The van der Waals surface area contributed by atoms with Crippen LogP contribution in [0.2, 0.25) is 0 Å². The minimum atomic E-state index is -0.795. The number of aromatic nitrogens is 1. The Kier molecular flexibility index (Phi) is 4.90. The number of hydrogen-bond acceptors (Lipinski definition) is 5. The molecule has 1 heterocycles. The third-order valence-corrected chi connectivity index (χ3v) is 2.43. The SMILES string of the molecule is CN(C(=O)OC(C)(C)C)C(/C(N)=N/O)c1ccccn1. The van der Waals surface area contributed by atoms with Crippen molar-refractivity contribution in [2.75, 3.05) is 7.05 Å². The Balaban J connectivity index is 3.04. The summed E-state index contributed by atoms with van der Waals surface area (Å²) in [6.45, 7) is 5.29. The highest BCUT2D eigenvalue weighted by atomic mass is 16.6. The van der Waals surface area contributed by atoms with Gasteiger partial charge < -0.3 is 15.7 Å². The minimum Gasteiger partial charge on any atom is -0.444 e. The first-order valence-corrected chi connectivity index (χ1v) is 6.10. The van der Waals surface area contributed by atoms with Crippen molar-refractivity contribution < 1.29 is 14.7 Å². The fourth-order valence-electron chi connectivity index (χ4n) is 1.58. The van der Waals surface area contributed by atoms with Gasteiger partial charge in [-0.3, -0.25) is 9.88 Å². The molecule has 0 bridgehead atoms. The first-order chi connectivity index (χ1) is 9.26. The zero-order valence-corrected chi connectivity index (χ0v) is 12.1. The fourth-order valence-corrected chi connectivity index (χ4v) is 1.58. The van der Waals surface area contributed by atoms with Gasteiger partial charge in [0, 0.05) is 13.2 Å². The Labute approximate surface area is 118 Å².